The van der Waals surface area contributed by atoms with E-state index in [1.165, 1.54) is 0 Å². The fraction of sp³-hybridized carbons (Fsp3) is 0.500. The maximum Gasteiger partial charge on any atom is 0.235 e. The molecule has 118 valence electrons. The highest BCUT2D eigenvalue weighted by molar-refractivity contribution is 7.89. The van der Waals surface area contributed by atoms with Crippen molar-refractivity contribution in [2.24, 2.45) is 0 Å². The Bertz CT molecular complexity index is 558. The summed E-state index contributed by atoms with van der Waals surface area (Å²) in [5, 5.41) is 2.68. The fourth-order valence-corrected chi connectivity index (χ4v) is 2.79. The van der Waals surface area contributed by atoms with Crippen LogP contribution < -0.4 is 14.8 Å². The molecule has 6 nitrogen and oxygen atoms in total. The summed E-state index contributed by atoms with van der Waals surface area (Å²) in [6.07, 6.45) is 1.18. The van der Waals surface area contributed by atoms with Gasteiger partial charge >= 0.3 is 0 Å². The first-order valence-electron chi connectivity index (χ1n) is 6.84. The SMILES string of the molecule is CCCS(=O)(=O)NCC(=O)NCCc1cccc(OC)c1. The van der Waals surface area contributed by atoms with Crippen molar-refractivity contribution in [2.75, 3.05) is 26.0 Å². The Labute approximate surface area is 125 Å². The molecule has 0 saturated carbocycles. The Morgan fingerprint density at radius 3 is 2.76 bits per heavy atom. The number of rotatable bonds is 9. The van der Waals surface area contributed by atoms with Crippen molar-refractivity contribution in [1.82, 2.24) is 10.0 Å². The lowest BCUT2D eigenvalue weighted by molar-refractivity contribution is -0.119. The normalized spacial score (nSPS) is 11.1. The van der Waals surface area contributed by atoms with Gasteiger partial charge in [-0.3, -0.25) is 4.79 Å². The number of amides is 1. The predicted molar refractivity (Wildman–Crippen MR) is 81.8 cm³/mol. The van der Waals surface area contributed by atoms with Gasteiger partial charge in [-0.25, -0.2) is 13.1 Å². The van der Waals surface area contributed by atoms with Gasteiger partial charge in [-0.15, -0.1) is 0 Å². The molecule has 0 aliphatic carbocycles. The fourth-order valence-electron chi connectivity index (χ4n) is 1.75. The zero-order valence-electron chi connectivity index (χ0n) is 12.4. The molecule has 21 heavy (non-hydrogen) atoms. The van der Waals surface area contributed by atoms with Crippen LogP contribution in [-0.2, 0) is 21.2 Å². The second-order valence-corrected chi connectivity index (χ2v) is 6.52. The molecule has 7 heteroatoms. The molecule has 0 fully saturated rings. The van der Waals surface area contributed by atoms with Crippen molar-refractivity contribution in [1.29, 1.82) is 0 Å². The van der Waals surface area contributed by atoms with Crippen molar-refractivity contribution >= 4 is 15.9 Å². The van der Waals surface area contributed by atoms with Gasteiger partial charge in [0.25, 0.3) is 0 Å². The molecule has 0 unspecified atom stereocenters. The number of benzene rings is 1. The largest absolute Gasteiger partial charge is 0.497 e. The maximum absolute atomic E-state index is 11.5. The average molecular weight is 314 g/mol. The lowest BCUT2D eigenvalue weighted by Crippen LogP contribution is -2.38. The molecular weight excluding hydrogens is 292 g/mol. The molecule has 0 aliphatic rings. The van der Waals surface area contributed by atoms with Gasteiger partial charge in [0.05, 0.1) is 19.4 Å². The topological polar surface area (TPSA) is 84.5 Å². The van der Waals surface area contributed by atoms with E-state index in [0.717, 1.165) is 11.3 Å². The maximum atomic E-state index is 11.5. The summed E-state index contributed by atoms with van der Waals surface area (Å²) >= 11 is 0. The number of methoxy groups -OCH3 is 1. The quantitative estimate of drug-likeness (QED) is 0.702. The number of hydrogen-bond acceptors (Lipinski definition) is 4. The lowest BCUT2D eigenvalue weighted by Gasteiger charge is -2.08. The molecule has 0 spiro atoms. The smallest absolute Gasteiger partial charge is 0.235 e. The van der Waals surface area contributed by atoms with E-state index in [9.17, 15) is 13.2 Å². The standard InChI is InChI=1S/C14H22N2O4S/c1-3-9-21(18,19)16-11-14(17)15-8-7-12-5-4-6-13(10-12)20-2/h4-6,10,16H,3,7-9,11H2,1-2H3,(H,15,17). The number of hydrogen-bond donors (Lipinski definition) is 2. The Hall–Kier alpha value is -1.60. The van der Waals surface area contributed by atoms with Crippen LogP contribution in [0.15, 0.2) is 24.3 Å². The summed E-state index contributed by atoms with van der Waals surface area (Å²) in [6, 6.07) is 7.58. The molecule has 0 aromatic heterocycles. The van der Waals surface area contributed by atoms with Gasteiger partial charge in [0, 0.05) is 6.54 Å². The van der Waals surface area contributed by atoms with E-state index in [1.54, 1.807) is 14.0 Å². The molecule has 1 amide bonds. The number of ether oxygens (including phenoxy) is 1. The Morgan fingerprint density at radius 1 is 1.33 bits per heavy atom. The zero-order valence-corrected chi connectivity index (χ0v) is 13.2. The van der Waals surface area contributed by atoms with E-state index in [-0.39, 0.29) is 18.2 Å². The molecule has 0 radical (unpaired) electrons. The minimum Gasteiger partial charge on any atom is -0.497 e. The Morgan fingerprint density at radius 2 is 2.10 bits per heavy atom. The van der Waals surface area contributed by atoms with Crippen LogP contribution in [0.4, 0.5) is 0 Å². The summed E-state index contributed by atoms with van der Waals surface area (Å²) in [4.78, 5) is 11.5. The van der Waals surface area contributed by atoms with Crippen LogP contribution in [0, 0.1) is 0 Å². The second kappa shape index (κ2) is 8.63. The molecule has 1 rings (SSSR count). The third-order valence-corrected chi connectivity index (χ3v) is 4.33. The van der Waals surface area contributed by atoms with E-state index in [1.807, 2.05) is 24.3 Å². The van der Waals surface area contributed by atoms with Gasteiger partial charge in [-0.05, 0) is 30.5 Å². The molecule has 0 saturated heterocycles. The van der Waals surface area contributed by atoms with Crippen LogP contribution >= 0.6 is 0 Å². The third kappa shape index (κ3) is 7.10. The molecule has 0 heterocycles. The predicted octanol–water partition coefficient (Wildman–Crippen LogP) is 0.683. The molecule has 1 aromatic carbocycles. The minimum absolute atomic E-state index is 0.0318. The van der Waals surface area contributed by atoms with Crippen LogP contribution in [-0.4, -0.2) is 40.3 Å². The number of carbonyl (C=O) groups excluding carboxylic acids is 1. The van der Waals surface area contributed by atoms with Crippen molar-refractivity contribution in [3.05, 3.63) is 29.8 Å². The van der Waals surface area contributed by atoms with Crippen molar-refractivity contribution in [3.8, 4) is 5.75 Å². The van der Waals surface area contributed by atoms with Gasteiger partial charge in [0.1, 0.15) is 5.75 Å². The van der Waals surface area contributed by atoms with Crippen LogP contribution in [0.3, 0.4) is 0 Å². The Balaban J connectivity index is 2.30. The first kappa shape index (κ1) is 17.5. The molecule has 1 aromatic rings. The van der Waals surface area contributed by atoms with Crippen LogP contribution in [0.1, 0.15) is 18.9 Å². The third-order valence-electron chi connectivity index (χ3n) is 2.80. The van der Waals surface area contributed by atoms with Gasteiger partial charge in [-0.1, -0.05) is 19.1 Å². The monoisotopic (exact) mass is 314 g/mol. The van der Waals surface area contributed by atoms with Gasteiger partial charge in [-0.2, -0.15) is 0 Å². The number of nitrogens with one attached hydrogen (secondary N) is 2. The van der Waals surface area contributed by atoms with Crippen LogP contribution in [0.5, 0.6) is 5.75 Å². The van der Waals surface area contributed by atoms with Crippen molar-refractivity contribution in [3.63, 3.8) is 0 Å². The molecule has 2 N–H and O–H groups in total. The summed E-state index contributed by atoms with van der Waals surface area (Å²) in [6.45, 7) is 2.00. The summed E-state index contributed by atoms with van der Waals surface area (Å²) in [7, 11) is -1.74. The molecule has 0 bridgehead atoms. The van der Waals surface area contributed by atoms with E-state index in [0.29, 0.717) is 19.4 Å². The zero-order chi connectivity index (χ0) is 15.7. The van der Waals surface area contributed by atoms with E-state index < -0.39 is 10.0 Å². The van der Waals surface area contributed by atoms with Gasteiger partial charge in [0.2, 0.25) is 15.9 Å². The Kier molecular flexibility index (Phi) is 7.18. The highest BCUT2D eigenvalue weighted by Crippen LogP contribution is 2.12. The van der Waals surface area contributed by atoms with Crippen LogP contribution in [0.25, 0.3) is 0 Å². The summed E-state index contributed by atoms with van der Waals surface area (Å²) in [5.41, 5.74) is 1.04. The molecular formula is C14H22N2O4S. The average Bonchev–Trinajstić information content (AvgIpc) is 2.45. The molecule has 0 atom stereocenters. The molecule has 0 aliphatic heterocycles. The van der Waals surface area contributed by atoms with Crippen LogP contribution in [0.2, 0.25) is 0 Å². The first-order valence-corrected chi connectivity index (χ1v) is 8.49. The lowest BCUT2D eigenvalue weighted by atomic mass is 10.1. The summed E-state index contributed by atoms with van der Waals surface area (Å²) < 4.78 is 30.2. The van der Waals surface area contributed by atoms with Gasteiger partial charge in [0.15, 0.2) is 0 Å². The number of carbonyl (C=O) groups is 1. The van der Waals surface area contributed by atoms with Gasteiger partial charge < -0.3 is 10.1 Å². The second-order valence-electron chi connectivity index (χ2n) is 4.59. The van der Waals surface area contributed by atoms with Crippen molar-refractivity contribution in [2.45, 2.75) is 19.8 Å². The number of sulfonamides is 1. The first-order chi connectivity index (χ1) is 9.96. The highest BCUT2D eigenvalue weighted by Gasteiger charge is 2.10. The minimum atomic E-state index is -3.34. The highest BCUT2D eigenvalue weighted by atomic mass is 32.2. The summed E-state index contributed by atoms with van der Waals surface area (Å²) in [5.74, 6) is 0.466. The van der Waals surface area contributed by atoms with E-state index in [4.69, 9.17) is 4.74 Å². The van der Waals surface area contributed by atoms with E-state index >= 15 is 0 Å². The van der Waals surface area contributed by atoms with Crippen molar-refractivity contribution < 1.29 is 17.9 Å². The van der Waals surface area contributed by atoms with E-state index in [2.05, 4.69) is 10.0 Å².